The van der Waals surface area contributed by atoms with Crippen molar-refractivity contribution in [3.8, 4) is 0 Å². The maximum absolute atomic E-state index is 5.55. The third kappa shape index (κ3) is 1.69. The Morgan fingerprint density at radius 1 is 1.36 bits per heavy atom. The molecule has 1 saturated heterocycles. The normalized spacial score (nSPS) is 38.3. The molecule has 0 spiro atoms. The molecule has 80 valence electrons. The van der Waals surface area contributed by atoms with E-state index in [2.05, 4.69) is 18.9 Å². The molecule has 0 aromatic heterocycles. The lowest BCUT2D eigenvalue weighted by atomic mass is 9.68. The molecule has 1 aliphatic carbocycles. The summed E-state index contributed by atoms with van der Waals surface area (Å²) in [5, 5.41) is 0. The summed E-state index contributed by atoms with van der Waals surface area (Å²) < 4.78 is 0. The van der Waals surface area contributed by atoms with Crippen molar-refractivity contribution in [3.05, 3.63) is 0 Å². The van der Waals surface area contributed by atoms with E-state index < -0.39 is 0 Å². The van der Waals surface area contributed by atoms with Crippen LogP contribution < -0.4 is 0 Å². The minimum Gasteiger partial charge on any atom is -0.369 e. The second-order valence-corrected chi connectivity index (χ2v) is 5.34. The molecule has 1 nitrogen and oxygen atoms in total. The molecule has 2 heteroatoms. The molecule has 3 atom stereocenters. The lowest BCUT2D eigenvalue weighted by Gasteiger charge is -2.45. The Morgan fingerprint density at radius 2 is 2.14 bits per heavy atom. The Morgan fingerprint density at radius 3 is 2.86 bits per heavy atom. The highest BCUT2D eigenvalue weighted by Gasteiger charge is 2.38. The second kappa shape index (κ2) is 4.18. The van der Waals surface area contributed by atoms with Crippen molar-refractivity contribution in [2.75, 3.05) is 13.6 Å². The summed E-state index contributed by atoms with van der Waals surface area (Å²) in [4.78, 5) is 3.55. The molecule has 1 saturated carbocycles. The van der Waals surface area contributed by atoms with E-state index in [1.54, 1.807) is 0 Å². The average molecular weight is 211 g/mol. The summed E-state index contributed by atoms with van der Waals surface area (Å²) in [6, 6.07) is 0. The third-order valence-electron chi connectivity index (χ3n) is 4.23. The number of hydrogen-bond acceptors (Lipinski definition) is 1. The predicted molar refractivity (Wildman–Crippen MR) is 64.5 cm³/mol. The summed E-state index contributed by atoms with van der Waals surface area (Å²) in [5.41, 5.74) is 0. The molecule has 0 bridgehead atoms. The second-order valence-electron chi connectivity index (χ2n) is 4.92. The van der Waals surface area contributed by atoms with Gasteiger partial charge in [0.1, 0.15) is 0 Å². The molecule has 0 aromatic carbocycles. The minimum absolute atomic E-state index is 0.738. The third-order valence-corrected chi connectivity index (χ3v) is 4.84. The Bertz CT molecular complexity index is 226. The topological polar surface area (TPSA) is 3.24 Å². The molecule has 1 aliphatic heterocycles. The van der Waals surface area contributed by atoms with E-state index in [1.807, 2.05) is 0 Å². The van der Waals surface area contributed by atoms with Gasteiger partial charge in [-0.25, -0.2) is 0 Å². The number of fused-ring (bicyclic) bond motifs is 1. The molecule has 1 heterocycles. The molecule has 14 heavy (non-hydrogen) atoms. The predicted octanol–water partition coefficient (Wildman–Crippen LogP) is 3.09. The Hall–Kier alpha value is -0.110. The van der Waals surface area contributed by atoms with Gasteiger partial charge >= 0.3 is 0 Å². The van der Waals surface area contributed by atoms with Crippen LogP contribution in [0.25, 0.3) is 0 Å². The van der Waals surface area contributed by atoms with E-state index in [-0.39, 0.29) is 0 Å². The van der Waals surface area contributed by atoms with Crippen molar-refractivity contribution in [2.24, 2.45) is 17.8 Å². The average Bonchev–Trinajstić information content (AvgIpc) is 2.23. The van der Waals surface area contributed by atoms with Crippen LogP contribution in [0.1, 0.15) is 39.0 Å². The largest absolute Gasteiger partial charge is 0.369 e. The fourth-order valence-electron chi connectivity index (χ4n) is 3.34. The fourth-order valence-corrected chi connectivity index (χ4v) is 3.73. The highest BCUT2D eigenvalue weighted by molar-refractivity contribution is 7.80. The van der Waals surface area contributed by atoms with Gasteiger partial charge in [0.25, 0.3) is 0 Å². The smallest absolute Gasteiger partial charge is 0.0810 e. The van der Waals surface area contributed by atoms with Crippen molar-refractivity contribution in [3.63, 3.8) is 0 Å². The van der Waals surface area contributed by atoms with Gasteiger partial charge < -0.3 is 4.90 Å². The Labute approximate surface area is 92.9 Å². The van der Waals surface area contributed by atoms with Crippen molar-refractivity contribution in [2.45, 2.75) is 39.0 Å². The van der Waals surface area contributed by atoms with Gasteiger partial charge in [-0.2, -0.15) is 0 Å². The quantitative estimate of drug-likeness (QED) is 0.613. The van der Waals surface area contributed by atoms with Crippen LogP contribution in [0.15, 0.2) is 0 Å². The van der Waals surface area contributed by atoms with Crippen molar-refractivity contribution >= 4 is 17.2 Å². The molecule has 0 radical (unpaired) electrons. The number of hydrogen-bond donors (Lipinski definition) is 0. The first-order chi connectivity index (χ1) is 6.74. The minimum atomic E-state index is 0.738. The molecule has 0 aromatic rings. The van der Waals surface area contributed by atoms with Gasteiger partial charge in [0, 0.05) is 19.5 Å². The van der Waals surface area contributed by atoms with Crippen LogP contribution in [0.3, 0.4) is 0 Å². The van der Waals surface area contributed by atoms with Crippen LogP contribution >= 0.6 is 12.2 Å². The SMILES string of the molecule is CCC1CCC[C@@H]2C(=S)N(C)CCC12. The van der Waals surface area contributed by atoms with Gasteiger partial charge in [0.15, 0.2) is 0 Å². The standard InChI is InChI=1S/C12H21NS/c1-3-9-5-4-6-11-10(9)7-8-13(2)12(11)14/h9-11H,3-8H2,1-2H3/t9?,10?,11-/m0/s1. The van der Waals surface area contributed by atoms with E-state index in [4.69, 9.17) is 12.2 Å². The molecule has 0 N–H and O–H groups in total. The highest BCUT2D eigenvalue weighted by Crippen LogP contribution is 2.42. The molecular formula is C12H21NS. The first-order valence-electron chi connectivity index (χ1n) is 5.99. The monoisotopic (exact) mass is 211 g/mol. The van der Waals surface area contributed by atoms with Gasteiger partial charge in [-0.05, 0) is 24.7 Å². The summed E-state index contributed by atoms with van der Waals surface area (Å²) >= 11 is 5.55. The van der Waals surface area contributed by atoms with Crippen LogP contribution in [-0.2, 0) is 0 Å². The lowest BCUT2D eigenvalue weighted by molar-refractivity contribution is 0.143. The fraction of sp³-hybridized carbons (Fsp3) is 0.917. The van der Waals surface area contributed by atoms with Crippen LogP contribution in [0.4, 0.5) is 0 Å². The molecule has 0 amide bonds. The molecule has 2 rings (SSSR count). The molecule has 2 unspecified atom stereocenters. The summed E-state index contributed by atoms with van der Waals surface area (Å²) in [5.74, 6) is 2.61. The van der Waals surface area contributed by atoms with Gasteiger partial charge in [0.2, 0.25) is 0 Å². The van der Waals surface area contributed by atoms with E-state index in [0.29, 0.717) is 0 Å². The van der Waals surface area contributed by atoms with Gasteiger partial charge in [0.05, 0.1) is 4.99 Å². The first kappa shape index (κ1) is 10.4. The number of thiocarbonyl (C=S) groups is 1. The summed E-state index contributed by atoms with van der Waals surface area (Å²) in [7, 11) is 2.16. The van der Waals surface area contributed by atoms with Crippen molar-refractivity contribution < 1.29 is 0 Å². The Balaban J connectivity index is 2.11. The molecular weight excluding hydrogens is 190 g/mol. The van der Waals surface area contributed by atoms with Gasteiger partial charge in [-0.1, -0.05) is 38.4 Å². The van der Waals surface area contributed by atoms with E-state index in [9.17, 15) is 0 Å². The van der Waals surface area contributed by atoms with Crippen LogP contribution in [0.2, 0.25) is 0 Å². The zero-order valence-corrected chi connectivity index (χ0v) is 10.1. The summed E-state index contributed by atoms with van der Waals surface area (Å²) in [6.07, 6.45) is 6.93. The molecule has 2 aliphatic rings. The number of rotatable bonds is 1. The van der Waals surface area contributed by atoms with E-state index in [0.717, 1.165) is 17.8 Å². The van der Waals surface area contributed by atoms with E-state index >= 15 is 0 Å². The number of likely N-dealkylation sites (tertiary alicyclic amines) is 1. The van der Waals surface area contributed by atoms with Crippen LogP contribution in [0, 0.1) is 17.8 Å². The van der Waals surface area contributed by atoms with Gasteiger partial charge in [-0.15, -0.1) is 0 Å². The van der Waals surface area contributed by atoms with E-state index in [1.165, 1.54) is 43.6 Å². The van der Waals surface area contributed by atoms with Crippen LogP contribution in [0.5, 0.6) is 0 Å². The number of piperidine rings is 1. The highest BCUT2D eigenvalue weighted by atomic mass is 32.1. The first-order valence-corrected chi connectivity index (χ1v) is 6.39. The maximum atomic E-state index is 5.55. The zero-order chi connectivity index (χ0) is 10.1. The van der Waals surface area contributed by atoms with Gasteiger partial charge in [-0.3, -0.25) is 0 Å². The number of nitrogens with zero attached hydrogens (tertiary/aromatic N) is 1. The zero-order valence-electron chi connectivity index (χ0n) is 9.33. The Kier molecular flexibility index (Phi) is 3.10. The lowest BCUT2D eigenvalue weighted by Crippen LogP contribution is -2.46. The van der Waals surface area contributed by atoms with Crippen molar-refractivity contribution in [1.82, 2.24) is 4.90 Å². The maximum Gasteiger partial charge on any atom is 0.0810 e. The van der Waals surface area contributed by atoms with Crippen LogP contribution in [-0.4, -0.2) is 23.5 Å². The van der Waals surface area contributed by atoms with Crippen molar-refractivity contribution in [1.29, 1.82) is 0 Å². The summed E-state index contributed by atoms with van der Waals surface area (Å²) in [6.45, 7) is 3.53. The molecule has 2 fully saturated rings.